The molecule has 0 aliphatic rings. The SMILES string of the molecule is COC(=O)C(C)CSc1cc(C)ccc1C#N. The average molecular weight is 249 g/mol. The number of aryl methyl sites for hydroxylation is 1. The van der Waals surface area contributed by atoms with Crippen molar-refractivity contribution in [1.82, 2.24) is 0 Å². The summed E-state index contributed by atoms with van der Waals surface area (Å²) in [6.45, 7) is 3.80. The largest absolute Gasteiger partial charge is 0.469 e. The van der Waals surface area contributed by atoms with Crippen molar-refractivity contribution in [2.24, 2.45) is 5.92 Å². The monoisotopic (exact) mass is 249 g/mol. The molecule has 3 nitrogen and oxygen atoms in total. The van der Waals surface area contributed by atoms with Crippen LogP contribution in [0, 0.1) is 24.2 Å². The van der Waals surface area contributed by atoms with Gasteiger partial charge in [-0.2, -0.15) is 5.26 Å². The molecule has 0 N–H and O–H groups in total. The normalized spacial score (nSPS) is 11.6. The first kappa shape index (κ1) is 13.6. The van der Waals surface area contributed by atoms with Gasteiger partial charge in [0.15, 0.2) is 0 Å². The number of rotatable bonds is 4. The van der Waals surface area contributed by atoms with Crippen molar-refractivity contribution >= 4 is 17.7 Å². The molecule has 0 aromatic heterocycles. The lowest BCUT2D eigenvalue weighted by Gasteiger charge is -2.09. The fourth-order valence-corrected chi connectivity index (χ4v) is 2.43. The topological polar surface area (TPSA) is 50.1 Å². The molecule has 0 radical (unpaired) electrons. The minimum Gasteiger partial charge on any atom is -0.469 e. The summed E-state index contributed by atoms with van der Waals surface area (Å²) in [4.78, 5) is 12.2. The van der Waals surface area contributed by atoms with E-state index >= 15 is 0 Å². The molecule has 4 heteroatoms. The summed E-state index contributed by atoms with van der Waals surface area (Å²) in [5.41, 5.74) is 1.76. The molecule has 17 heavy (non-hydrogen) atoms. The van der Waals surface area contributed by atoms with Gasteiger partial charge in [-0.25, -0.2) is 0 Å². The molecule has 0 aliphatic heterocycles. The molecule has 1 rings (SSSR count). The number of methoxy groups -OCH3 is 1. The molecule has 0 saturated carbocycles. The lowest BCUT2D eigenvalue weighted by molar-refractivity contribution is -0.143. The Morgan fingerprint density at radius 1 is 1.59 bits per heavy atom. The Hall–Kier alpha value is -1.47. The maximum Gasteiger partial charge on any atom is 0.309 e. The highest BCUT2D eigenvalue weighted by atomic mass is 32.2. The molecule has 90 valence electrons. The second-order valence-electron chi connectivity index (χ2n) is 3.85. The van der Waals surface area contributed by atoms with Crippen molar-refractivity contribution in [2.75, 3.05) is 12.9 Å². The van der Waals surface area contributed by atoms with Gasteiger partial charge in [0, 0.05) is 10.6 Å². The van der Waals surface area contributed by atoms with Crippen LogP contribution in [0.5, 0.6) is 0 Å². The highest BCUT2D eigenvalue weighted by Gasteiger charge is 2.14. The van der Waals surface area contributed by atoms with Gasteiger partial charge in [0.25, 0.3) is 0 Å². The Morgan fingerprint density at radius 3 is 2.88 bits per heavy atom. The summed E-state index contributed by atoms with van der Waals surface area (Å²) in [5.74, 6) is 0.228. The maximum atomic E-state index is 11.3. The van der Waals surface area contributed by atoms with Crippen molar-refractivity contribution in [2.45, 2.75) is 18.7 Å². The first-order chi connectivity index (χ1) is 8.08. The van der Waals surface area contributed by atoms with Gasteiger partial charge in [0.05, 0.1) is 18.6 Å². The number of benzene rings is 1. The minimum atomic E-state index is -0.219. The first-order valence-electron chi connectivity index (χ1n) is 5.30. The fourth-order valence-electron chi connectivity index (χ4n) is 1.33. The molecule has 0 bridgehead atoms. The molecule has 1 aromatic rings. The van der Waals surface area contributed by atoms with Crippen LogP contribution in [0.4, 0.5) is 0 Å². The number of hydrogen-bond donors (Lipinski definition) is 0. The predicted molar refractivity (Wildman–Crippen MR) is 67.8 cm³/mol. The van der Waals surface area contributed by atoms with Gasteiger partial charge in [0.1, 0.15) is 6.07 Å². The number of carbonyl (C=O) groups is 1. The van der Waals surface area contributed by atoms with E-state index in [1.165, 1.54) is 18.9 Å². The van der Waals surface area contributed by atoms with E-state index in [4.69, 9.17) is 5.26 Å². The van der Waals surface area contributed by atoms with Crippen LogP contribution in [0.1, 0.15) is 18.1 Å². The van der Waals surface area contributed by atoms with E-state index in [2.05, 4.69) is 10.8 Å². The lowest BCUT2D eigenvalue weighted by Crippen LogP contribution is -2.14. The zero-order valence-corrected chi connectivity index (χ0v) is 11.0. The maximum absolute atomic E-state index is 11.3. The second kappa shape index (κ2) is 6.31. The zero-order chi connectivity index (χ0) is 12.8. The Labute approximate surface area is 106 Å². The third-order valence-corrected chi connectivity index (χ3v) is 3.67. The predicted octanol–water partition coefficient (Wildman–Crippen LogP) is 2.77. The van der Waals surface area contributed by atoms with Crippen molar-refractivity contribution in [3.8, 4) is 6.07 Å². The minimum absolute atomic E-state index is 0.169. The summed E-state index contributed by atoms with van der Waals surface area (Å²) in [7, 11) is 1.39. The quantitative estimate of drug-likeness (QED) is 0.608. The summed E-state index contributed by atoms with van der Waals surface area (Å²) in [6, 6.07) is 7.83. The Kier molecular flexibility index (Phi) is 5.05. The number of nitriles is 1. The van der Waals surface area contributed by atoms with Gasteiger partial charge in [-0.1, -0.05) is 13.0 Å². The van der Waals surface area contributed by atoms with Gasteiger partial charge in [0.2, 0.25) is 0 Å². The smallest absolute Gasteiger partial charge is 0.309 e. The van der Waals surface area contributed by atoms with Gasteiger partial charge in [-0.15, -0.1) is 11.8 Å². The summed E-state index contributed by atoms with van der Waals surface area (Å²) >= 11 is 1.51. The fraction of sp³-hybridized carbons (Fsp3) is 0.385. The van der Waals surface area contributed by atoms with E-state index in [0.29, 0.717) is 11.3 Å². The number of esters is 1. The van der Waals surface area contributed by atoms with Crippen LogP contribution in [0.2, 0.25) is 0 Å². The van der Waals surface area contributed by atoms with Crippen LogP contribution < -0.4 is 0 Å². The van der Waals surface area contributed by atoms with Crippen molar-refractivity contribution in [3.63, 3.8) is 0 Å². The van der Waals surface area contributed by atoms with Gasteiger partial charge >= 0.3 is 5.97 Å². The molecule has 0 spiro atoms. The number of nitrogens with zero attached hydrogens (tertiary/aromatic N) is 1. The molecular formula is C13H15NO2S. The molecule has 1 atom stereocenters. The molecule has 0 heterocycles. The molecule has 0 saturated heterocycles. The van der Waals surface area contributed by atoms with E-state index in [9.17, 15) is 4.79 Å². The van der Waals surface area contributed by atoms with E-state index in [0.717, 1.165) is 10.5 Å². The van der Waals surface area contributed by atoms with Gasteiger partial charge < -0.3 is 4.74 Å². The highest BCUT2D eigenvalue weighted by Crippen LogP contribution is 2.25. The average Bonchev–Trinajstić information content (AvgIpc) is 2.35. The van der Waals surface area contributed by atoms with Crippen molar-refractivity contribution < 1.29 is 9.53 Å². The van der Waals surface area contributed by atoms with Crippen LogP contribution >= 0.6 is 11.8 Å². The van der Waals surface area contributed by atoms with Crippen LogP contribution in [0.3, 0.4) is 0 Å². The van der Waals surface area contributed by atoms with E-state index in [1.54, 1.807) is 6.07 Å². The highest BCUT2D eigenvalue weighted by molar-refractivity contribution is 7.99. The number of carbonyl (C=O) groups excluding carboxylic acids is 1. The van der Waals surface area contributed by atoms with Crippen LogP contribution in [-0.2, 0) is 9.53 Å². The molecular weight excluding hydrogens is 234 g/mol. The number of ether oxygens (including phenoxy) is 1. The first-order valence-corrected chi connectivity index (χ1v) is 6.28. The molecule has 0 aliphatic carbocycles. The second-order valence-corrected chi connectivity index (χ2v) is 4.91. The zero-order valence-electron chi connectivity index (χ0n) is 10.2. The Balaban J connectivity index is 2.72. The van der Waals surface area contributed by atoms with E-state index in [-0.39, 0.29) is 11.9 Å². The standard InChI is InChI=1S/C13H15NO2S/c1-9-4-5-11(7-14)12(6-9)17-8-10(2)13(15)16-3/h4-6,10H,8H2,1-3H3. The van der Waals surface area contributed by atoms with Crippen molar-refractivity contribution in [1.29, 1.82) is 5.26 Å². The number of thioether (sulfide) groups is 1. The summed E-state index contributed by atoms with van der Waals surface area (Å²) in [6.07, 6.45) is 0. The van der Waals surface area contributed by atoms with Crippen molar-refractivity contribution in [3.05, 3.63) is 29.3 Å². The summed E-state index contributed by atoms with van der Waals surface area (Å²) < 4.78 is 4.66. The van der Waals surface area contributed by atoms with E-state index in [1.807, 2.05) is 26.0 Å². The molecule has 1 unspecified atom stereocenters. The van der Waals surface area contributed by atoms with Gasteiger partial charge in [-0.3, -0.25) is 4.79 Å². The van der Waals surface area contributed by atoms with Gasteiger partial charge in [-0.05, 0) is 24.6 Å². The molecule has 1 aromatic carbocycles. The Bertz CT molecular complexity index is 451. The molecule has 0 fully saturated rings. The third-order valence-electron chi connectivity index (χ3n) is 2.35. The lowest BCUT2D eigenvalue weighted by atomic mass is 10.2. The van der Waals surface area contributed by atoms with E-state index < -0.39 is 0 Å². The third kappa shape index (κ3) is 3.79. The number of hydrogen-bond acceptors (Lipinski definition) is 4. The molecule has 0 amide bonds. The summed E-state index contributed by atoms with van der Waals surface area (Å²) in [5, 5.41) is 8.97. The van der Waals surface area contributed by atoms with Crippen LogP contribution in [-0.4, -0.2) is 18.8 Å². The van der Waals surface area contributed by atoms with Crippen LogP contribution in [0.15, 0.2) is 23.1 Å². The Morgan fingerprint density at radius 2 is 2.29 bits per heavy atom. The van der Waals surface area contributed by atoms with Crippen LogP contribution in [0.25, 0.3) is 0 Å².